The molecule has 0 saturated heterocycles. The summed E-state index contributed by atoms with van der Waals surface area (Å²) in [6, 6.07) is 0. The van der Waals surface area contributed by atoms with Crippen LogP contribution in [0.5, 0.6) is 0 Å². The third-order valence-electron chi connectivity index (χ3n) is 5.31. The zero-order valence-corrected chi connectivity index (χ0v) is 19.1. The molecule has 2 N–H and O–H groups in total. The van der Waals surface area contributed by atoms with Gasteiger partial charge in [-0.1, -0.05) is 96.8 Å². The van der Waals surface area contributed by atoms with E-state index in [-0.39, 0.29) is 10.4 Å². The van der Waals surface area contributed by atoms with Crippen LogP contribution in [0.15, 0.2) is 0 Å². The van der Waals surface area contributed by atoms with E-state index in [9.17, 15) is 14.7 Å². The van der Waals surface area contributed by atoms with E-state index in [1.807, 2.05) is 0 Å². The first-order valence-electron chi connectivity index (χ1n) is 11.6. The third kappa shape index (κ3) is 15.9. The van der Waals surface area contributed by atoms with Crippen LogP contribution in [0.25, 0.3) is 0 Å². The number of quaternary nitrogens is 1. The number of aliphatic carboxylic acids is 1. The van der Waals surface area contributed by atoms with Crippen molar-refractivity contribution in [1.82, 2.24) is 5.32 Å². The van der Waals surface area contributed by atoms with Crippen molar-refractivity contribution in [2.75, 3.05) is 21.1 Å². The summed E-state index contributed by atoms with van der Waals surface area (Å²) in [6.07, 6.45) is 19.0. The van der Waals surface area contributed by atoms with Crippen LogP contribution in [0.1, 0.15) is 110 Å². The van der Waals surface area contributed by atoms with E-state index < -0.39 is 12.1 Å². The minimum absolute atomic E-state index is 0.157. The van der Waals surface area contributed by atoms with Gasteiger partial charge in [0.1, 0.15) is 0 Å². The molecule has 0 radical (unpaired) electrons. The largest absolute Gasteiger partial charge is 0.475 e. The summed E-state index contributed by atoms with van der Waals surface area (Å²) in [4.78, 5) is 23.2. The highest BCUT2D eigenvalue weighted by atomic mass is 16.4. The molecule has 1 unspecified atom stereocenters. The van der Waals surface area contributed by atoms with Crippen molar-refractivity contribution >= 4 is 11.9 Å². The fraction of sp³-hybridized carbons (Fsp3) is 0.913. The quantitative estimate of drug-likeness (QED) is 0.172. The Hall–Kier alpha value is -1.10. The van der Waals surface area contributed by atoms with Crippen molar-refractivity contribution in [2.45, 2.75) is 116 Å². The Labute approximate surface area is 173 Å². The topological polar surface area (TPSA) is 66.4 Å². The highest BCUT2D eigenvalue weighted by Crippen LogP contribution is 2.13. The van der Waals surface area contributed by atoms with Crippen molar-refractivity contribution in [1.29, 1.82) is 0 Å². The number of rotatable bonds is 19. The zero-order valence-electron chi connectivity index (χ0n) is 19.1. The molecule has 0 rings (SSSR count). The highest BCUT2D eigenvalue weighted by molar-refractivity contribution is 5.82. The number of hydrogen-bond donors (Lipinski definition) is 2. The molecule has 0 aromatic carbocycles. The lowest BCUT2D eigenvalue weighted by Crippen LogP contribution is -2.59. The van der Waals surface area contributed by atoms with Gasteiger partial charge >= 0.3 is 5.97 Å². The van der Waals surface area contributed by atoms with E-state index in [4.69, 9.17) is 0 Å². The third-order valence-corrected chi connectivity index (χ3v) is 5.31. The van der Waals surface area contributed by atoms with Crippen LogP contribution in [0.2, 0.25) is 0 Å². The Balaban J connectivity index is 3.45. The number of carboxylic acids is 1. The highest BCUT2D eigenvalue weighted by Gasteiger charge is 2.32. The zero-order chi connectivity index (χ0) is 21.3. The average Bonchev–Trinajstić information content (AvgIpc) is 2.61. The number of amides is 1. The van der Waals surface area contributed by atoms with Crippen LogP contribution in [0.4, 0.5) is 0 Å². The molecule has 0 aliphatic heterocycles. The molecule has 0 aliphatic carbocycles. The van der Waals surface area contributed by atoms with E-state index in [0.717, 1.165) is 12.8 Å². The van der Waals surface area contributed by atoms with Gasteiger partial charge < -0.3 is 9.59 Å². The second kappa shape index (κ2) is 16.8. The summed E-state index contributed by atoms with van der Waals surface area (Å²) < 4.78 is 0.180. The Morgan fingerprint density at radius 3 is 1.39 bits per heavy atom. The van der Waals surface area contributed by atoms with Crippen LogP contribution in [-0.2, 0) is 9.59 Å². The molecule has 28 heavy (non-hydrogen) atoms. The van der Waals surface area contributed by atoms with Crippen molar-refractivity contribution < 1.29 is 19.2 Å². The lowest BCUT2D eigenvalue weighted by atomic mass is 10.0. The van der Waals surface area contributed by atoms with E-state index >= 15 is 0 Å². The van der Waals surface area contributed by atoms with Crippen molar-refractivity contribution in [3.8, 4) is 0 Å². The number of nitrogens with zero attached hydrogens (tertiary/aromatic N) is 1. The Morgan fingerprint density at radius 2 is 1.07 bits per heavy atom. The number of likely N-dealkylation sites (N-methyl/N-ethyl adjacent to an activating group) is 1. The predicted molar refractivity (Wildman–Crippen MR) is 117 cm³/mol. The SMILES string of the molecule is CCCCCCCCCCCCCCCCCC(=O)NC(C(=O)O)[N+](C)(C)C. The second-order valence-electron chi connectivity index (χ2n) is 9.12. The molecule has 1 atom stereocenters. The summed E-state index contributed by atoms with van der Waals surface area (Å²) >= 11 is 0. The second-order valence-corrected chi connectivity index (χ2v) is 9.12. The molecule has 0 heterocycles. The molecule has 0 aromatic rings. The molecule has 0 aliphatic rings. The lowest BCUT2D eigenvalue weighted by Gasteiger charge is -2.31. The van der Waals surface area contributed by atoms with E-state index in [0.29, 0.717) is 6.42 Å². The number of nitrogens with one attached hydrogen (secondary N) is 1. The van der Waals surface area contributed by atoms with Crippen molar-refractivity contribution in [3.63, 3.8) is 0 Å². The maximum Gasteiger partial charge on any atom is 0.385 e. The summed E-state index contributed by atoms with van der Waals surface area (Å²) in [7, 11) is 5.31. The van der Waals surface area contributed by atoms with Crippen LogP contribution < -0.4 is 5.32 Å². The lowest BCUT2D eigenvalue weighted by molar-refractivity contribution is -0.889. The first-order valence-corrected chi connectivity index (χ1v) is 11.6. The molecule has 0 spiro atoms. The molecule has 0 fully saturated rings. The number of unbranched alkanes of at least 4 members (excludes halogenated alkanes) is 14. The molecular formula is C23H47N2O3+. The van der Waals surface area contributed by atoms with Gasteiger partial charge in [0.2, 0.25) is 5.91 Å². The van der Waals surface area contributed by atoms with E-state index in [2.05, 4.69) is 12.2 Å². The molecular weight excluding hydrogens is 352 g/mol. The minimum Gasteiger partial charge on any atom is -0.475 e. The predicted octanol–water partition coefficient (Wildman–Crippen LogP) is 5.48. The smallest absolute Gasteiger partial charge is 0.385 e. The van der Waals surface area contributed by atoms with Crippen LogP contribution in [0.3, 0.4) is 0 Å². The van der Waals surface area contributed by atoms with Gasteiger partial charge in [0.15, 0.2) is 0 Å². The van der Waals surface area contributed by atoms with Gasteiger partial charge in [0, 0.05) is 6.42 Å². The number of carboxylic acid groups (broad SMARTS) is 1. The fourth-order valence-electron chi connectivity index (χ4n) is 3.47. The van der Waals surface area contributed by atoms with Crippen molar-refractivity contribution in [3.05, 3.63) is 0 Å². The monoisotopic (exact) mass is 399 g/mol. The summed E-state index contributed by atoms with van der Waals surface area (Å²) in [6.45, 7) is 2.26. The van der Waals surface area contributed by atoms with Crippen LogP contribution in [-0.4, -0.2) is 48.8 Å². The summed E-state index contributed by atoms with van der Waals surface area (Å²) in [5.74, 6) is -1.15. The summed E-state index contributed by atoms with van der Waals surface area (Å²) in [5.41, 5.74) is 0. The number of hydrogen-bond acceptors (Lipinski definition) is 2. The van der Waals surface area contributed by atoms with Gasteiger partial charge in [-0.05, 0) is 6.42 Å². The standard InChI is InChI=1S/C23H46N2O3/c1-5-6-7-8-9-10-11-12-13-14-15-16-17-18-19-20-21(26)24-22(23(27)28)25(2,3)4/h22H,5-20H2,1-4H3,(H-,24,26,27,28)/p+1. The molecule has 5 nitrogen and oxygen atoms in total. The van der Waals surface area contributed by atoms with E-state index in [1.165, 1.54) is 83.5 Å². The first-order chi connectivity index (χ1) is 13.3. The molecule has 166 valence electrons. The minimum atomic E-state index is -0.989. The van der Waals surface area contributed by atoms with Crippen LogP contribution in [0, 0.1) is 0 Å². The first kappa shape index (κ1) is 26.9. The average molecular weight is 400 g/mol. The van der Waals surface area contributed by atoms with Gasteiger partial charge in [-0.25, -0.2) is 4.79 Å². The molecule has 0 aromatic heterocycles. The molecule has 5 heteroatoms. The van der Waals surface area contributed by atoms with E-state index in [1.54, 1.807) is 21.1 Å². The maximum absolute atomic E-state index is 12.0. The molecule has 0 bridgehead atoms. The number of carbonyl (C=O) groups is 2. The normalized spacial score (nSPS) is 12.7. The Bertz CT molecular complexity index is 405. The summed E-state index contributed by atoms with van der Waals surface area (Å²) in [5, 5.41) is 11.9. The van der Waals surface area contributed by atoms with Crippen molar-refractivity contribution in [2.24, 2.45) is 0 Å². The Kier molecular flexibility index (Phi) is 16.2. The molecule has 0 saturated carbocycles. The number of carbonyl (C=O) groups excluding carboxylic acids is 1. The fourth-order valence-corrected chi connectivity index (χ4v) is 3.47. The van der Waals surface area contributed by atoms with Gasteiger partial charge in [-0.2, -0.15) is 0 Å². The maximum atomic E-state index is 12.0. The van der Waals surface area contributed by atoms with Gasteiger partial charge in [0.05, 0.1) is 21.1 Å². The van der Waals surface area contributed by atoms with Gasteiger partial charge in [-0.15, -0.1) is 0 Å². The van der Waals surface area contributed by atoms with Crippen LogP contribution >= 0.6 is 0 Å². The van der Waals surface area contributed by atoms with Gasteiger partial charge in [0.25, 0.3) is 6.17 Å². The van der Waals surface area contributed by atoms with Gasteiger partial charge in [-0.3, -0.25) is 10.1 Å². The Morgan fingerprint density at radius 1 is 0.714 bits per heavy atom. The molecule has 1 amide bonds.